The van der Waals surface area contributed by atoms with Crippen molar-refractivity contribution in [3.8, 4) is 17.2 Å². The third-order valence-corrected chi connectivity index (χ3v) is 4.42. The lowest BCUT2D eigenvalue weighted by molar-refractivity contribution is -0.0498. The van der Waals surface area contributed by atoms with Gasteiger partial charge in [-0.05, 0) is 54.3 Å². The summed E-state index contributed by atoms with van der Waals surface area (Å²) in [5.74, 6) is 1.59. The third kappa shape index (κ3) is 3.49. The van der Waals surface area contributed by atoms with Crippen LogP contribution in [0, 0.1) is 0 Å². The summed E-state index contributed by atoms with van der Waals surface area (Å²) < 4.78 is 34.4. The van der Waals surface area contributed by atoms with E-state index in [1.54, 1.807) is 12.1 Å². The number of nitrogens with zero attached hydrogens (tertiary/aromatic N) is 2. The van der Waals surface area contributed by atoms with Gasteiger partial charge in [-0.25, -0.2) is 0 Å². The van der Waals surface area contributed by atoms with Crippen molar-refractivity contribution in [1.82, 2.24) is 10.2 Å². The van der Waals surface area contributed by atoms with Crippen LogP contribution in [0.2, 0.25) is 5.02 Å². The van der Waals surface area contributed by atoms with E-state index in [1.807, 2.05) is 24.3 Å². The average molecular weight is 363 g/mol. The van der Waals surface area contributed by atoms with Crippen LogP contribution < -0.4 is 4.74 Å². The van der Waals surface area contributed by atoms with Crippen molar-refractivity contribution in [3.05, 3.63) is 65.0 Å². The molecule has 1 fully saturated rings. The van der Waals surface area contributed by atoms with E-state index in [9.17, 15) is 8.78 Å². The van der Waals surface area contributed by atoms with Gasteiger partial charge >= 0.3 is 6.61 Å². The molecule has 4 nitrogen and oxygen atoms in total. The predicted octanol–water partition coefficient (Wildman–Crippen LogP) is 5.26. The van der Waals surface area contributed by atoms with E-state index in [0.717, 1.165) is 6.42 Å². The summed E-state index contributed by atoms with van der Waals surface area (Å²) in [7, 11) is 0. The van der Waals surface area contributed by atoms with E-state index in [2.05, 4.69) is 14.9 Å². The highest BCUT2D eigenvalue weighted by atomic mass is 35.5. The van der Waals surface area contributed by atoms with Crippen LogP contribution in [0.1, 0.15) is 29.7 Å². The standard InChI is InChI=1S/C18H13ClF2N2O2/c19-12-5-1-10(2-6-12)14-9-15(14)17-23-22-16(25-17)11-3-7-13(8-4-11)24-18(20)21/h1-8,14-15,18H,9H2. The fraction of sp³-hybridized carbons (Fsp3) is 0.222. The van der Waals surface area contributed by atoms with Crippen LogP contribution in [0.5, 0.6) is 5.75 Å². The normalized spacial score (nSPS) is 19.2. The maximum absolute atomic E-state index is 12.2. The lowest BCUT2D eigenvalue weighted by Gasteiger charge is -2.03. The molecule has 1 aromatic heterocycles. The zero-order valence-corrected chi connectivity index (χ0v) is 13.7. The first-order chi connectivity index (χ1) is 12.1. The second-order valence-corrected chi connectivity index (χ2v) is 6.29. The van der Waals surface area contributed by atoms with Gasteiger partial charge < -0.3 is 9.15 Å². The van der Waals surface area contributed by atoms with E-state index < -0.39 is 6.61 Å². The Kier molecular flexibility index (Phi) is 4.13. The Bertz CT molecular complexity index is 866. The predicted molar refractivity (Wildman–Crippen MR) is 87.9 cm³/mol. The Morgan fingerprint density at radius 3 is 2.40 bits per heavy atom. The molecule has 1 saturated carbocycles. The molecule has 0 aliphatic heterocycles. The monoisotopic (exact) mass is 362 g/mol. The zero-order valence-electron chi connectivity index (χ0n) is 12.9. The molecule has 1 aliphatic rings. The summed E-state index contributed by atoms with van der Waals surface area (Å²) in [6.45, 7) is -2.85. The first-order valence-corrected chi connectivity index (χ1v) is 8.12. The van der Waals surface area contributed by atoms with E-state index in [-0.39, 0.29) is 11.7 Å². The molecular weight excluding hydrogens is 350 g/mol. The number of hydrogen-bond donors (Lipinski definition) is 0. The van der Waals surface area contributed by atoms with Crippen molar-refractivity contribution in [3.63, 3.8) is 0 Å². The van der Waals surface area contributed by atoms with Gasteiger partial charge in [-0.3, -0.25) is 0 Å². The Balaban J connectivity index is 1.47. The number of hydrogen-bond acceptors (Lipinski definition) is 4. The molecule has 0 amide bonds. The molecule has 1 heterocycles. The molecule has 0 saturated heterocycles. The first kappa shape index (κ1) is 16.0. The van der Waals surface area contributed by atoms with E-state index in [4.69, 9.17) is 16.0 Å². The van der Waals surface area contributed by atoms with Gasteiger partial charge in [-0.1, -0.05) is 23.7 Å². The fourth-order valence-corrected chi connectivity index (χ4v) is 2.95. The molecule has 7 heteroatoms. The Labute approximate surface area is 147 Å². The highest BCUT2D eigenvalue weighted by molar-refractivity contribution is 6.30. The number of halogens is 3. The fourth-order valence-electron chi connectivity index (χ4n) is 2.83. The van der Waals surface area contributed by atoms with Gasteiger partial charge in [0, 0.05) is 16.5 Å². The van der Waals surface area contributed by atoms with Gasteiger partial charge in [0.05, 0.1) is 0 Å². The quantitative estimate of drug-likeness (QED) is 0.621. The maximum Gasteiger partial charge on any atom is 0.387 e. The van der Waals surface area contributed by atoms with Crippen LogP contribution in [-0.2, 0) is 0 Å². The lowest BCUT2D eigenvalue weighted by atomic mass is 10.1. The number of ether oxygens (including phenoxy) is 1. The van der Waals surface area contributed by atoms with Gasteiger partial charge in [0.2, 0.25) is 11.8 Å². The zero-order chi connectivity index (χ0) is 17.4. The summed E-state index contributed by atoms with van der Waals surface area (Å²) in [5.41, 5.74) is 1.85. The summed E-state index contributed by atoms with van der Waals surface area (Å²) in [6.07, 6.45) is 0.949. The second kappa shape index (κ2) is 6.44. The summed E-state index contributed by atoms with van der Waals surface area (Å²) >= 11 is 5.91. The van der Waals surface area contributed by atoms with Gasteiger partial charge in [0.1, 0.15) is 5.75 Å². The molecule has 3 aromatic rings. The molecule has 0 N–H and O–H groups in total. The smallest absolute Gasteiger partial charge is 0.387 e. The second-order valence-electron chi connectivity index (χ2n) is 5.85. The molecule has 4 rings (SSSR count). The molecule has 0 bridgehead atoms. The van der Waals surface area contributed by atoms with Crippen molar-refractivity contribution >= 4 is 11.6 Å². The minimum absolute atomic E-state index is 0.0866. The van der Waals surface area contributed by atoms with Gasteiger partial charge in [0.15, 0.2) is 0 Å². The number of benzene rings is 2. The van der Waals surface area contributed by atoms with Crippen LogP contribution in [-0.4, -0.2) is 16.8 Å². The largest absolute Gasteiger partial charge is 0.435 e. The SMILES string of the molecule is FC(F)Oc1ccc(-c2nnc(C3CC3c3ccc(Cl)cc3)o2)cc1. The van der Waals surface area contributed by atoms with Gasteiger partial charge in [-0.2, -0.15) is 8.78 Å². The molecule has 2 unspecified atom stereocenters. The number of rotatable bonds is 5. The van der Waals surface area contributed by atoms with E-state index >= 15 is 0 Å². The topological polar surface area (TPSA) is 48.2 Å². The highest BCUT2D eigenvalue weighted by Crippen LogP contribution is 2.54. The van der Waals surface area contributed by atoms with E-state index in [1.165, 1.54) is 17.7 Å². The van der Waals surface area contributed by atoms with Crippen molar-refractivity contribution in [1.29, 1.82) is 0 Å². The molecular formula is C18H13ClF2N2O2. The lowest BCUT2D eigenvalue weighted by Crippen LogP contribution is -2.01. The number of aromatic nitrogens is 2. The van der Waals surface area contributed by atoms with Crippen molar-refractivity contribution < 1.29 is 17.9 Å². The Morgan fingerprint density at radius 2 is 1.72 bits per heavy atom. The van der Waals surface area contributed by atoms with Crippen LogP contribution in [0.4, 0.5) is 8.78 Å². The molecule has 2 aromatic carbocycles. The minimum Gasteiger partial charge on any atom is -0.435 e. The average Bonchev–Trinajstić information content (AvgIpc) is 3.24. The molecule has 0 spiro atoms. The molecule has 25 heavy (non-hydrogen) atoms. The number of alkyl halides is 2. The summed E-state index contributed by atoms with van der Waals surface area (Å²) in [4.78, 5) is 0. The molecule has 0 radical (unpaired) electrons. The summed E-state index contributed by atoms with van der Waals surface area (Å²) in [5, 5.41) is 8.89. The van der Waals surface area contributed by atoms with Crippen LogP contribution in [0.25, 0.3) is 11.5 Å². The van der Waals surface area contributed by atoms with Crippen LogP contribution >= 0.6 is 11.6 Å². The molecule has 1 aliphatic carbocycles. The Morgan fingerprint density at radius 1 is 1.00 bits per heavy atom. The minimum atomic E-state index is -2.85. The maximum atomic E-state index is 12.2. The highest BCUT2D eigenvalue weighted by Gasteiger charge is 2.43. The van der Waals surface area contributed by atoms with Crippen molar-refractivity contribution in [2.75, 3.05) is 0 Å². The van der Waals surface area contributed by atoms with Gasteiger partial charge in [0.25, 0.3) is 0 Å². The Hall–Kier alpha value is -2.47. The summed E-state index contributed by atoms with van der Waals surface area (Å²) in [6, 6.07) is 13.9. The first-order valence-electron chi connectivity index (χ1n) is 7.74. The van der Waals surface area contributed by atoms with E-state index in [0.29, 0.717) is 28.3 Å². The van der Waals surface area contributed by atoms with Crippen molar-refractivity contribution in [2.24, 2.45) is 0 Å². The third-order valence-electron chi connectivity index (χ3n) is 4.17. The van der Waals surface area contributed by atoms with Crippen molar-refractivity contribution in [2.45, 2.75) is 24.9 Å². The van der Waals surface area contributed by atoms with Gasteiger partial charge in [-0.15, -0.1) is 10.2 Å². The molecule has 2 atom stereocenters. The van der Waals surface area contributed by atoms with Crippen LogP contribution in [0.3, 0.4) is 0 Å². The van der Waals surface area contributed by atoms with Crippen LogP contribution in [0.15, 0.2) is 52.9 Å². The molecule has 128 valence electrons.